The fraction of sp³-hybridized carbons (Fsp3) is 0.267. The molecule has 2 aliphatic rings. The van der Waals surface area contributed by atoms with Crippen molar-refractivity contribution in [2.75, 3.05) is 29.5 Å². The van der Waals surface area contributed by atoms with E-state index < -0.39 is 23.5 Å². The van der Waals surface area contributed by atoms with Crippen LogP contribution in [-0.4, -0.2) is 36.5 Å². The van der Waals surface area contributed by atoms with E-state index in [0.29, 0.717) is 29.2 Å². The van der Waals surface area contributed by atoms with E-state index in [-0.39, 0.29) is 11.3 Å². The highest BCUT2D eigenvalue weighted by atomic mass is 19.1. The summed E-state index contributed by atoms with van der Waals surface area (Å²) in [6.07, 6.45) is 3.15. The highest BCUT2D eigenvalue weighted by Gasteiger charge is 2.47. The van der Waals surface area contributed by atoms with Gasteiger partial charge in [0.2, 0.25) is 0 Å². The van der Waals surface area contributed by atoms with E-state index in [1.54, 1.807) is 24.3 Å². The standard InChI is InChI=1S/C30H29FN2O4/c1-2-19-37-25-15-7-21(8-16-25)28(34)26-27(20-5-9-22(31)10-6-20)33(30(36)29(26)35)24-13-11-23(12-14-24)32-17-3-4-18-32/h5-16,27,34H,2-4,17-19H2,1H3/b28-26+. The van der Waals surface area contributed by atoms with Gasteiger partial charge in [0.05, 0.1) is 18.2 Å². The molecule has 1 atom stereocenters. The Hall–Kier alpha value is -4.13. The van der Waals surface area contributed by atoms with Crippen molar-refractivity contribution in [3.8, 4) is 5.75 Å². The molecule has 2 saturated heterocycles. The summed E-state index contributed by atoms with van der Waals surface area (Å²) < 4.78 is 19.4. The van der Waals surface area contributed by atoms with Gasteiger partial charge in [-0.15, -0.1) is 0 Å². The largest absolute Gasteiger partial charge is 0.507 e. The number of benzene rings is 3. The lowest BCUT2D eigenvalue weighted by atomic mass is 9.95. The van der Waals surface area contributed by atoms with Gasteiger partial charge in [0.1, 0.15) is 17.3 Å². The second-order valence-electron chi connectivity index (χ2n) is 9.30. The number of aliphatic hydroxyl groups is 1. The number of hydrogen-bond donors (Lipinski definition) is 1. The number of nitrogens with zero attached hydrogens (tertiary/aromatic N) is 2. The van der Waals surface area contributed by atoms with Crippen LogP contribution in [0.1, 0.15) is 43.4 Å². The first-order valence-electron chi connectivity index (χ1n) is 12.6. The van der Waals surface area contributed by atoms with Crippen LogP contribution in [0.15, 0.2) is 78.4 Å². The monoisotopic (exact) mass is 500 g/mol. The molecule has 5 rings (SSSR count). The Morgan fingerprint density at radius 1 is 0.919 bits per heavy atom. The van der Waals surface area contributed by atoms with Crippen molar-refractivity contribution in [2.24, 2.45) is 0 Å². The van der Waals surface area contributed by atoms with E-state index in [4.69, 9.17) is 4.74 Å². The number of ketones is 1. The summed E-state index contributed by atoms with van der Waals surface area (Å²) in [6.45, 7) is 4.55. The molecule has 0 bridgehead atoms. The minimum atomic E-state index is -0.908. The molecule has 0 saturated carbocycles. The average molecular weight is 501 g/mol. The molecule has 0 radical (unpaired) electrons. The van der Waals surface area contributed by atoms with Crippen molar-refractivity contribution in [2.45, 2.75) is 32.2 Å². The van der Waals surface area contributed by atoms with Gasteiger partial charge in [-0.25, -0.2) is 4.39 Å². The maximum atomic E-state index is 13.8. The number of rotatable bonds is 7. The number of Topliss-reactive ketones (excluding diaryl/α,β-unsaturated/α-hetero) is 1. The van der Waals surface area contributed by atoms with Gasteiger partial charge >= 0.3 is 0 Å². The number of amides is 1. The van der Waals surface area contributed by atoms with Crippen LogP contribution in [0.4, 0.5) is 15.8 Å². The van der Waals surface area contributed by atoms with Crippen molar-refractivity contribution in [3.63, 3.8) is 0 Å². The Bertz CT molecular complexity index is 1310. The molecule has 2 fully saturated rings. The molecule has 7 heteroatoms. The summed E-state index contributed by atoms with van der Waals surface area (Å²) in [7, 11) is 0. The van der Waals surface area contributed by atoms with Crippen LogP contribution in [0.3, 0.4) is 0 Å². The first kappa shape index (κ1) is 24.6. The SMILES string of the molecule is CCCOc1ccc(/C(O)=C2\C(=O)C(=O)N(c3ccc(N4CCCC4)cc3)C2c2ccc(F)cc2)cc1. The van der Waals surface area contributed by atoms with Crippen molar-refractivity contribution in [3.05, 3.63) is 95.3 Å². The molecule has 2 heterocycles. The van der Waals surface area contributed by atoms with Crippen molar-refractivity contribution in [1.82, 2.24) is 0 Å². The third kappa shape index (κ3) is 4.81. The lowest BCUT2D eigenvalue weighted by Gasteiger charge is -2.26. The van der Waals surface area contributed by atoms with E-state index in [2.05, 4.69) is 4.90 Å². The molecule has 0 aliphatic carbocycles. The molecular weight excluding hydrogens is 471 g/mol. The van der Waals surface area contributed by atoms with Crippen LogP contribution >= 0.6 is 0 Å². The number of hydrogen-bond acceptors (Lipinski definition) is 5. The minimum Gasteiger partial charge on any atom is -0.507 e. The second kappa shape index (κ2) is 10.5. The number of halogens is 1. The van der Waals surface area contributed by atoms with Gasteiger partial charge < -0.3 is 14.7 Å². The van der Waals surface area contributed by atoms with Gasteiger partial charge in [-0.2, -0.15) is 0 Å². The lowest BCUT2D eigenvalue weighted by molar-refractivity contribution is -0.132. The molecule has 0 aromatic heterocycles. The van der Waals surface area contributed by atoms with Gasteiger partial charge in [-0.05, 0) is 85.5 Å². The predicted molar refractivity (Wildman–Crippen MR) is 141 cm³/mol. The quantitative estimate of drug-likeness (QED) is 0.251. The normalized spacial score (nSPS) is 19.0. The molecule has 2 aliphatic heterocycles. The lowest BCUT2D eigenvalue weighted by Crippen LogP contribution is -2.29. The third-order valence-corrected chi connectivity index (χ3v) is 6.83. The summed E-state index contributed by atoms with van der Waals surface area (Å²) in [5.74, 6) is -1.61. The molecule has 190 valence electrons. The van der Waals surface area contributed by atoms with Gasteiger partial charge in [-0.3, -0.25) is 14.5 Å². The number of ether oxygens (including phenoxy) is 1. The van der Waals surface area contributed by atoms with Crippen LogP contribution in [0.5, 0.6) is 5.75 Å². The zero-order chi connectivity index (χ0) is 25.9. The van der Waals surface area contributed by atoms with Crippen LogP contribution in [0.25, 0.3) is 5.76 Å². The number of carbonyl (C=O) groups is 2. The topological polar surface area (TPSA) is 70.1 Å². The van der Waals surface area contributed by atoms with Gasteiger partial charge in [0.15, 0.2) is 0 Å². The van der Waals surface area contributed by atoms with E-state index >= 15 is 0 Å². The summed E-state index contributed by atoms with van der Waals surface area (Å²) in [6, 6.07) is 19.0. The summed E-state index contributed by atoms with van der Waals surface area (Å²) in [4.78, 5) is 30.3. The number of anilines is 2. The third-order valence-electron chi connectivity index (χ3n) is 6.83. The van der Waals surface area contributed by atoms with E-state index in [1.807, 2.05) is 31.2 Å². The van der Waals surface area contributed by atoms with Gasteiger partial charge in [0.25, 0.3) is 11.7 Å². The Labute approximate surface area is 215 Å². The van der Waals surface area contributed by atoms with Crippen molar-refractivity contribution >= 4 is 28.8 Å². The zero-order valence-corrected chi connectivity index (χ0v) is 20.7. The van der Waals surface area contributed by atoms with Gasteiger partial charge in [0, 0.05) is 30.0 Å². The number of carbonyl (C=O) groups excluding carboxylic acids is 2. The van der Waals surface area contributed by atoms with E-state index in [0.717, 1.165) is 38.0 Å². The highest BCUT2D eigenvalue weighted by Crippen LogP contribution is 2.42. The smallest absolute Gasteiger partial charge is 0.300 e. The molecule has 6 nitrogen and oxygen atoms in total. The van der Waals surface area contributed by atoms with Crippen molar-refractivity contribution in [1.29, 1.82) is 0 Å². The Balaban J connectivity index is 1.56. The van der Waals surface area contributed by atoms with E-state index in [1.165, 1.54) is 29.2 Å². The Kier molecular flexibility index (Phi) is 6.95. The Morgan fingerprint density at radius 3 is 2.16 bits per heavy atom. The first-order valence-corrected chi connectivity index (χ1v) is 12.6. The molecule has 0 spiro atoms. The average Bonchev–Trinajstić information content (AvgIpc) is 3.55. The van der Waals surface area contributed by atoms with E-state index in [9.17, 15) is 19.1 Å². The van der Waals surface area contributed by atoms with Crippen LogP contribution in [0.2, 0.25) is 0 Å². The van der Waals surface area contributed by atoms with Crippen LogP contribution in [0, 0.1) is 5.82 Å². The highest BCUT2D eigenvalue weighted by molar-refractivity contribution is 6.51. The molecular formula is C30H29FN2O4. The molecule has 3 aromatic rings. The summed E-state index contributed by atoms with van der Waals surface area (Å²) >= 11 is 0. The molecule has 37 heavy (non-hydrogen) atoms. The number of aliphatic hydroxyl groups excluding tert-OH is 1. The fourth-order valence-electron chi connectivity index (χ4n) is 4.94. The molecule has 3 aromatic carbocycles. The maximum absolute atomic E-state index is 13.8. The summed E-state index contributed by atoms with van der Waals surface area (Å²) in [5, 5.41) is 11.3. The van der Waals surface area contributed by atoms with Crippen LogP contribution < -0.4 is 14.5 Å². The van der Waals surface area contributed by atoms with Crippen molar-refractivity contribution < 1.29 is 23.8 Å². The molecule has 1 unspecified atom stereocenters. The molecule has 1 amide bonds. The fourth-order valence-corrected chi connectivity index (χ4v) is 4.94. The first-order chi connectivity index (χ1) is 18.0. The minimum absolute atomic E-state index is 0.0394. The van der Waals surface area contributed by atoms with Crippen LogP contribution in [-0.2, 0) is 9.59 Å². The summed E-state index contributed by atoms with van der Waals surface area (Å²) in [5.41, 5.74) is 2.46. The zero-order valence-electron chi connectivity index (χ0n) is 20.7. The predicted octanol–water partition coefficient (Wildman–Crippen LogP) is 5.84. The molecule has 1 N–H and O–H groups in total. The maximum Gasteiger partial charge on any atom is 0.300 e. The second-order valence-corrected chi connectivity index (χ2v) is 9.30. The van der Waals surface area contributed by atoms with Gasteiger partial charge in [-0.1, -0.05) is 19.1 Å². The Morgan fingerprint density at radius 2 is 1.54 bits per heavy atom.